The highest BCUT2D eigenvalue weighted by Crippen LogP contribution is 2.17. The van der Waals surface area contributed by atoms with Crippen molar-refractivity contribution in [2.75, 3.05) is 0 Å². The van der Waals surface area contributed by atoms with Gasteiger partial charge in [0.25, 0.3) is 0 Å². The van der Waals surface area contributed by atoms with Crippen molar-refractivity contribution in [3.63, 3.8) is 0 Å². The van der Waals surface area contributed by atoms with E-state index in [-0.39, 0.29) is 12.1 Å². The van der Waals surface area contributed by atoms with Crippen LogP contribution in [0.2, 0.25) is 0 Å². The molecule has 1 heterocycles. The average Bonchev–Trinajstić information content (AvgIpc) is 1.98. The molecule has 0 aliphatic carbocycles. The van der Waals surface area contributed by atoms with Gasteiger partial charge in [-0.1, -0.05) is 19.1 Å². The van der Waals surface area contributed by atoms with Crippen molar-refractivity contribution in [3.8, 4) is 0 Å². The van der Waals surface area contributed by atoms with Crippen molar-refractivity contribution in [3.05, 3.63) is 24.8 Å². The Balaban J connectivity index is 2.59. The first-order valence-electron chi connectivity index (χ1n) is 3.73. The van der Waals surface area contributed by atoms with Gasteiger partial charge in [-0.3, -0.25) is 0 Å². The summed E-state index contributed by atoms with van der Waals surface area (Å²) in [4.78, 5) is 10.8. The molecule has 0 saturated heterocycles. The number of carbonyl (C=O) groups excluding carboxylic acids is 1. The third-order valence-electron chi connectivity index (χ3n) is 1.79. The molecule has 2 heteroatoms. The molecule has 1 aliphatic heterocycles. The van der Waals surface area contributed by atoms with Crippen molar-refractivity contribution >= 4 is 5.97 Å². The summed E-state index contributed by atoms with van der Waals surface area (Å²) in [5.41, 5.74) is 0. The first-order valence-corrected chi connectivity index (χ1v) is 3.73. The summed E-state index contributed by atoms with van der Waals surface area (Å²) in [6, 6.07) is 0. The molecule has 0 aromatic carbocycles. The lowest BCUT2D eigenvalue weighted by atomic mass is 9.99. The molecule has 60 valence electrons. The Kier molecular flexibility index (Phi) is 2.47. The molecule has 0 saturated carbocycles. The summed E-state index contributed by atoms with van der Waals surface area (Å²) < 4.78 is 5.04. The Morgan fingerprint density at radius 1 is 1.82 bits per heavy atom. The fourth-order valence-corrected chi connectivity index (χ4v) is 1.08. The van der Waals surface area contributed by atoms with Crippen molar-refractivity contribution in [1.82, 2.24) is 0 Å². The van der Waals surface area contributed by atoms with Gasteiger partial charge < -0.3 is 4.74 Å². The van der Waals surface area contributed by atoms with E-state index in [1.54, 1.807) is 6.08 Å². The molecule has 0 aromatic rings. The van der Waals surface area contributed by atoms with Gasteiger partial charge in [-0.2, -0.15) is 0 Å². The molecular weight excluding hydrogens is 140 g/mol. The van der Waals surface area contributed by atoms with Crippen LogP contribution in [0.15, 0.2) is 24.8 Å². The van der Waals surface area contributed by atoms with Crippen LogP contribution in [0.1, 0.15) is 13.3 Å². The number of esters is 1. The summed E-state index contributed by atoms with van der Waals surface area (Å²) in [7, 11) is 0. The Bertz CT molecular complexity index is 194. The average molecular weight is 152 g/mol. The summed E-state index contributed by atoms with van der Waals surface area (Å²) in [6.07, 6.45) is 5.85. The van der Waals surface area contributed by atoms with Crippen LogP contribution in [-0.2, 0) is 9.53 Å². The van der Waals surface area contributed by atoms with Gasteiger partial charge in [0.15, 0.2) is 0 Å². The molecule has 0 amide bonds. The van der Waals surface area contributed by atoms with E-state index in [9.17, 15) is 4.79 Å². The van der Waals surface area contributed by atoms with E-state index in [2.05, 4.69) is 6.58 Å². The maximum atomic E-state index is 10.8. The van der Waals surface area contributed by atoms with Crippen LogP contribution in [0.3, 0.4) is 0 Å². The van der Waals surface area contributed by atoms with Crippen LogP contribution < -0.4 is 0 Å². The highest BCUT2D eigenvalue weighted by Gasteiger charge is 2.21. The van der Waals surface area contributed by atoms with Crippen molar-refractivity contribution in [2.45, 2.75) is 19.4 Å². The summed E-state index contributed by atoms with van der Waals surface area (Å²) in [5.74, 6) is 0.0700. The molecule has 1 aliphatic rings. The summed E-state index contributed by atoms with van der Waals surface area (Å²) >= 11 is 0. The Morgan fingerprint density at radius 3 is 3.18 bits per heavy atom. The molecule has 0 bridgehead atoms. The lowest BCUT2D eigenvalue weighted by Gasteiger charge is -2.23. The van der Waals surface area contributed by atoms with E-state index in [4.69, 9.17) is 4.74 Å². The van der Waals surface area contributed by atoms with E-state index in [0.29, 0.717) is 5.92 Å². The van der Waals surface area contributed by atoms with Crippen molar-refractivity contribution < 1.29 is 9.53 Å². The van der Waals surface area contributed by atoms with Crippen LogP contribution in [0, 0.1) is 5.92 Å². The van der Waals surface area contributed by atoms with Gasteiger partial charge in [-0.15, -0.1) is 6.58 Å². The highest BCUT2D eigenvalue weighted by molar-refractivity contribution is 5.82. The van der Waals surface area contributed by atoms with E-state index < -0.39 is 0 Å². The van der Waals surface area contributed by atoms with Crippen LogP contribution in [0.4, 0.5) is 0 Å². The lowest BCUT2D eigenvalue weighted by molar-refractivity contribution is -0.145. The molecule has 11 heavy (non-hydrogen) atoms. The second-order valence-electron chi connectivity index (χ2n) is 2.72. The first kappa shape index (κ1) is 8.05. The van der Waals surface area contributed by atoms with Crippen molar-refractivity contribution in [1.29, 1.82) is 0 Å². The van der Waals surface area contributed by atoms with Crippen molar-refractivity contribution in [2.24, 2.45) is 5.92 Å². The molecule has 2 atom stereocenters. The Morgan fingerprint density at radius 2 is 2.55 bits per heavy atom. The van der Waals surface area contributed by atoms with Gasteiger partial charge in [-0.25, -0.2) is 4.79 Å². The van der Waals surface area contributed by atoms with E-state index in [0.717, 1.165) is 6.42 Å². The minimum atomic E-state index is -0.241. The van der Waals surface area contributed by atoms with Gasteiger partial charge in [0.2, 0.25) is 0 Å². The van der Waals surface area contributed by atoms with Crippen LogP contribution in [0.5, 0.6) is 0 Å². The smallest absolute Gasteiger partial charge is 0.330 e. The number of hydrogen-bond acceptors (Lipinski definition) is 2. The standard InChI is InChI=1S/C9H12O2/c1-3-4-8-7(2)5-6-9(10)11-8/h3,5-8H,1,4H2,2H3/t7-,8-/m1/s1. The molecule has 0 N–H and O–H groups in total. The number of ether oxygens (including phenoxy) is 1. The second-order valence-corrected chi connectivity index (χ2v) is 2.72. The maximum Gasteiger partial charge on any atom is 0.330 e. The van der Waals surface area contributed by atoms with E-state index >= 15 is 0 Å². The zero-order valence-electron chi connectivity index (χ0n) is 6.62. The minimum Gasteiger partial charge on any atom is -0.458 e. The normalized spacial score (nSPS) is 29.7. The maximum absolute atomic E-state index is 10.8. The Labute approximate surface area is 66.5 Å². The molecule has 0 aromatic heterocycles. The fourth-order valence-electron chi connectivity index (χ4n) is 1.08. The number of cyclic esters (lactones) is 1. The summed E-state index contributed by atoms with van der Waals surface area (Å²) in [6.45, 7) is 5.62. The van der Waals surface area contributed by atoms with Gasteiger partial charge in [-0.05, 0) is 0 Å². The second kappa shape index (κ2) is 3.37. The molecule has 1 rings (SSSR count). The monoisotopic (exact) mass is 152 g/mol. The topological polar surface area (TPSA) is 26.3 Å². The molecule has 0 spiro atoms. The molecule has 2 nitrogen and oxygen atoms in total. The summed E-state index contributed by atoms with van der Waals surface area (Å²) in [5, 5.41) is 0. The number of rotatable bonds is 2. The fraction of sp³-hybridized carbons (Fsp3) is 0.444. The molecule has 0 fully saturated rings. The first-order chi connectivity index (χ1) is 5.24. The third-order valence-corrected chi connectivity index (χ3v) is 1.79. The van der Waals surface area contributed by atoms with E-state index in [1.165, 1.54) is 6.08 Å². The predicted octanol–water partition coefficient (Wildman–Crippen LogP) is 1.68. The van der Waals surface area contributed by atoms with Gasteiger partial charge in [0, 0.05) is 18.4 Å². The largest absolute Gasteiger partial charge is 0.458 e. The van der Waals surface area contributed by atoms with E-state index in [1.807, 2.05) is 13.0 Å². The zero-order valence-corrected chi connectivity index (χ0v) is 6.62. The molecule has 0 radical (unpaired) electrons. The third kappa shape index (κ3) is 1.93. The predicted molar refractivity (Wildman–Crippen MR) is 43.0 cm³/mol. The quantitative estimate of drug-likeness (QED) is 0.444. The van der Waals surface area contributed by atoms with Crippen LogP contribution in [0.25, 0.3) is 0 Å². The molecule has 0 unspecified atom stereocenters. The SMILES string of the molecule is C=CC[C@H]1OC(=O)C=C[C@H]1C. The van der Waals surface area contributed by atoms with Gasteiger partial charge in [0.05, 0.1) is 0 Å². The Hall–Kier alpha value is -1.05. The van der Waals surface area contributed by atoms with Crippen LogP contribution >= 0.6 is 0 Å². The highest BCUT2D eigenvalue weighted by atomic mass is 16.5. The van der Waals surface area contributed by atoms with Crippen LogP contribution in [-0.4, -0.2) is 12.1 Å². The van der Waals surface area contributed by atoms with Gasteiger partial charge in [0.1, 0.15) is 6.10 Å². The zero-order chi connectivity index (χ0) is 8.27. The van der Waals surface area contributed by atoms with Gasteiger partial charge >= 0.3 is 5.97 Å². The number of carbonyl (C=O) groups is 1. The number of hydrogen-bond donors (Lipinski definition) is 0. The molecular formula is C9H12O2. The minimum absolute atomic E-state index is 0.00926. The lowest BCUT2D eigenvalue weighted by Crippen LogP contribution is -2.26.